The van der Waals surface area contributed by atoms with E-state index < -0.39 is 0 Å². The van der Waals surface area contributed by atoms with E-state index in [9.17, 15) is 0 Å². The Morgan fingerprint density at radius 2 is 2.40 bits per heavy atom. The van der Waals surface area contributed by atoms with Gasteiger partial charge in [0.25, 0.3) is 0 Å². The number of pyridine rings is 1. The first kappa shape index (κ1) is 7.22. The van der Waals surface area contributed by atoms with Gasteiger partial charge in [-0.1, -0.05) is 13.0 Å². The Balaban J connectivity index is 2.75. The SMILES string of the molecule is C[C@H](CN)c1ccccn1. The van der Waals surface area contributed by atoms with E-state index in [1.54, 1.807) is 6.20 Å². The predicted molar refractivity (Wildman–Crippen MR) is 41.7 cm³/mol. The van der Waals surface area contributed by atoms with Crippen LogP contribution >= 0.6 is 0 Å². The molecular formula is C8H12N2. The van der Waals surface area contributed by atoms with Crippen molar-refractivity contribution in [1.29, 1.82) is 0 Å². The Morgan fingerprint density at radius 3 is 2.90 bits per heavy atom. The van der Waals surface area contributed by atoms with Crippen molar-refractivity contribution in [3.63, 3.8) is 0 Å². The molecule has 1 atom stereocenters. The van der Waals surface area contributed by atoms with Gasteiger partial charge < -0.3 is 5.73 Å². The van der Waals surface area contributed by atoms with E-state index in [0.29, 0.717) is 12.5 Å². The zero-order valence-corrected chi connectivity index (χ0v) is 6.12. The van der Waals surface area contributed by atoms with Gasteiger partial charge in [-0.15, -0.1) is 0 Å². The van der Waals surface area contributed by atoms with Crippen LogP contribution in [-0.2, 0) is 0 Å². The van der Waals surface area contributed by atoms with Gasteiger partial charge in [0.2, 0.25) is 0 Å². The lowest BCUT2D eigenvalue weighted by Gasteiger charge is -2.05. The van der Waals surface area contributed by atoms with Crippen LogP contribution in [0.2, 0.25) is 0 Å². The Bertz CT molecular complexity index is 184. The fraction of sp³-hybridized carbons (Fsp3) is 0.375. The highest BCUT2D eigenvalue weighted by molar-refractivity contribution is 5.08. The van der Waals surface area contributed by atoms with E-state index >= 15 is 0 Å². The van der Waals surface area contributed by atoms with Crippen molar-refractivity contribution in [2.45, 2.75) is 12.8 Å². The third-order valence-electron chi connectivity index (χ3n) is 1.55. The Hall–Kier alpha value is -0.890. The molecule has 0 aliphatic rings. The second kappa shape index (κ2) is 3.32. The normalized spacial score (nSPS) is 13.0. The molecule has 2 heteroatoms. The van der Waals surface area contributed by atoms with Crippen molar-refractivity contribution in [1.82, 2.24) is 4.98 Å². The molecule has 54 valence electrons. The quantitative estimate of drug-likeness (QED) is 0.662. The minimum Gasteiger partial charge on any atom is -0.330 e. The van der Waals surface area contributed by atoms with Gasteiger partial charge >= 0.3 is 0 Å². The average Bonchev–Trinajstić information content (AvgIpc) is 2.05. The molecule has 0 amide bonds. The summed E-state index contributed by atoms with van der Waals surface area (Å²) in [6, 6.07) is 5.89. The van der Waals surface area contributed by atoms with Crippen LogP contribution in [0.4, 0.5) is 0 Å². The van der Waals surface area contributed by atoms with Crippen LogP contribution in [0.5, 0.6) is 0 Å². The van der Waals surface area contributed by atoms with Crippen LogP contribution in [0.25, 0.3) is 0 Å². The molecule has 0 spiro atoms. The van der Waals surface area contributed by atoms with Crippen molar-refractivity contribution >= 4 is 0 Å². The molecule has 1 rings (SSSR count). The topological polar surface area (TPSA) is 38.9 Å². The summed E-state index contributed by atoms with van der Waals surface area (Å²) in [5.41, 5.74) is 6.54. The van der Waals surface area contributed by atoms with Crippen molar-refractivity contribution in [2.24, 2.45) is 5.73 Å². The molecule has 0 aromatic carbocycles. The lowest BCUT2D eigenvalue weighted by Crippen LogP contribution is -2.09. The van der Waals surface area contributed by atoms with Crippen molar-refractivity contribution < 1.29 is 0 Å². The van der Waals surface area contributed by atoms with Crippen molar-refractivity contribution in [3.8, 4) is 0 Å². The van der Waals surface area contributed by atoms with Crippen LogP contribution in [0.1, 0.15) is 18.5 Å². The lowest BCUT2D eigenvalue weighted by molar-refractivity contribution is 0.745. The molecule has 0 saturated heterocycles. The van der Waals surface area contributed by atoms with Gasteiger partial charge in [0, 0.05) is 24.4 Å². The molecule has 0 aliphatic carbocycles. The molecule has 0 saturated carbocycles. The minimum atomic E-state index is 0.376. The molecule has 0 radical (unpaired) electrons. The largest absolute Gasteiger partial charge is 0.330 e. The fourth-order valence-corrected chi connectivity index (χ4v) is 0.788. The molecule has 2 nitrogen and oxygen atoms in total. The molecule has 10 heavy (non-hydrogen) atoms. The Morgan fingerprint density at radius 1 is 1.60 bits per heavy atom. The Kier molecular flexibility index (Phi) is 2.40. The lowest BCUT2D eigenvalue weighted by atomic mass is 10.1. The summed E-state index contributed by atoms with van der Waals surface area (Å²) < 4.78 is 0. The van der Waals surface area contributed by atoms with Crippen LogP contribution in [0.15, 0.2) is 24.4 Å². The number of rotatable bonds is 2. The van der Waals surface area contributed by atoms with Gasteiger partial charge in [-0.05, 0) is 12.1 Å². The average molecular weight is 136 g/mol. The number of nitrogens with zero attached hydrogens (tertiary/aromatic N) is 1. The highest BCUT2D eigenvalue weighted by Gasteiger charge is 2.01. The van der Waals surface area contributed by atoms with Crippen molar-refractivity contribution in [2.75, 3.05) is 6.54 Å². The summed E-state index contributed by atoms with van der Waals surface area (Å²) in [6.07, 6.45) is 1.79. The van der Waals surface area contributed by atoms with E-state index in [0.717, 1.165) is 5.69 Å². The zero-order chi connectivity index (χ0) is 7.40. The van der Waals surface area contributed by atoms with E-state index in [1.807, 2.05) is 18.2 Å². The third kappa shape index (κ3) is 1.54. The fourth-order valence-electron chi connectivity index (χ4n) is 0.788. The van der Waals surface area contributed by atoms with Crippen LogP contribution in [0.3, 0.4) is 0 Å². The van der Waals surface area contributed by atoms with Gasteiger partial charge in [-0.2, -0.15) is 0 Å². The van der Waals surface area contributed by atoms with Gasteiger partial charge in [-0.3, -0.25) is 4.98 Å². The third-order valence-corrected chi connectivity index (χ3v) is 1.55. The second-order valence-corrected chi connectivity index (χ2v) is 2.39. The summed E-state index contributed by atoms with van der Waals surface area (Å²) in [7, 11) is 0. The van der Waals surface area contributed by atoms with Crippen molar-refractivity contribution in [3.05, 3.63) is 30.1 Å². The first-order valence-electron chi connectivity index (χ1n) is 3.45. The highest BCUT2D eigenvalue weighted by atomic mass is 14.7. The smallest absolute Gasteiger partial charge is 0.0444 e. The van der Waals surface area contributed by atoms with E-state index in [2.05, 4.69) is 11.9 Å². The molecule has 0 bridgehead atoms. The monoisotopic (exact) mass is 136 g/mol. The molecule has 1 aromatic rings. The standard InChI is InChI=1S/C8H12N2/c1-7(6-9)8-4-2-3-5-10-8/h2-5,7H,6,9H2,1H3/t7-/m1/s1. The van der Waals surface area contributed by atoms with Gasteiger partial charge in [-0.25, -0.2) is 0 Å². The van der Waals surface area contributed by atoms with Gasteiger partial charge in [0.15, 0.2) is 0 Å². The maximum Gasteiger partial charge on any atom is 0.0444 e. The maximum absolute atomic E-state index is 5.46. The highest BCUT2D eigenvalue weighted by Crippen LogP contribution is 2.08. The predicted octanol–water partition coefficient (Wildman–Crippen LogP) is 1.14. The first-order chi connectivity index (χ1) is 4.84. The molecule has 0 unspecified atom stereocenters. The molecule has 2 N–H and O–H groups in total. The van der Waals surface area contributed by atoms with E-state index in [4.69, 9.17) is 5.73 Å². The minimum absolute atomic E-state index is 0.376. The zero-order valence-electron chi connectivity index (χ0n) is 6.12. The summed E-state index contributed by atoms with van der Waals surface area (Å²) in [4.78, 5) is 4.17. The number of hydrogen-bond donors (Lipinski definition) is 1. The number of hydrogen-bond acceptors (Lipinski definition) is 2. The maximum atomic E-state index is 5.46. The second-order valence-electron chi connectivity index (χ2n) is 2.39. The molecule has 1 heterocycles. The van der Waals surface area contributed by atoms with Crippen LogP contribution in [-0.4, -0.2) is 11.5 Å². The van der Waals surface area contributed by atoms with E-state index in [-0.39, 0.29) is 0 Å². The summed E-state index contributed by atoms with van der Waals surface area (Å²) in [5.74, 6) is 0.376. The number of aromatic nitrogens is 1. The molecule has 0 aliphatic heterocycles. The van der Waals surface area contributed by atoms with Crippen LogP contribution < -0.4 is 5.73 Å². The number of nitrogens with two attached hydrogens (primary N) is 1. The van der Waals surface area contributed by atoms with Crippen LogP contribution in [0, 0.1) is 0 Å². The molecular weight excluding hydrogens is 124 g/mol. The molecule has 0 fully saturated rings. The molecule has 1 aromatic heterocycles. The summed E-state index contributed by atoms with van der Waals surface area (Å²) in [5, 5.41) is 0. The Labute approximate surface area is 61.1 Å². The van der Waals surface area contributed by atoms with E-state index in [1.165, 1.54) is 0 Å². The summed E-state index contributed by atoms with van der Waals surface area (Å²) in [6.45, 7) is 2.74. The van der Waals surface area contributed by atoms with Gasteiger partial charge in [0.1, 0.15) is 0 Å². The van der Waals surface area contributed by atoms with Gasteiger partial charge in [0.05, 0.1) is 0 Å². The first-order valence-corrected chi connectivity index (χ1v) is 3.45. The summed E-state index contributed by atoms with van der Waals surface area (Å²) >= 11 is 0.